The molecule has 2 aromatic rings. The van der Waals surface area contributed by atoms with E-state index in [-0.39, 0.29) is 12.5 Å². The lowest BCUT2D eigenvalue weighted by Gasteiger charge is -2.16. The van der Waals surface area contributed by atoms with Crippen molar-refractivity contribution in [2.75, 3.05) is 11.6 Å². The maximum absolute atomic E-state index is 12.1. The molecule has 0 bridgehead atoms. The van der Waals surface area contributed by atoms with Crippen LogP contribution in [0.4, 0.5) is 5.95 Å². The zero-order chi connectivity index (χ0) is 16.3. The van der Waals surface area contributed by atoms with Crippen molar-refractivity contribution in [1.29, 1.82) is 0 Å². The van der Waals surface area contributed by atoms with Crippen molar-refractivity contribution < 1.29 is 0 Å². The molecule has 0 atom stereocenters. The van der Waals surface area contributed by atoms with Crippen LogP contribution in [0.15, 0.2) is 23.0 Å². The van der Waals surface area contributed by atoms with E-state index >= 15 is 0 Å². The van der Waals surface area contributed by atoms with Crippen molar-refractivity contribution in [3.8, 4) is 23.7 Å². The zero-order valence-corrected chi connectivity index (χ0v) is 13.3. The smallest absolute Gasteiger partial charge is 0.276 e. The first-order chi connectivity index (χ1) is 10.5. The first-order valence-electron chi connectivity index (χ1n) is 6.38. The lowest BCUT2D eigenvalue weighted by atomic mass is 10.2. The minimum Gasteiger partial charge on any atom is -0.276 e. The molecule has 2 N–H and O–H groups in total. The highest BCUT2D eigenvalue weighted by molar-refractivity contribution is 6.42. The van der Waals surface area contributed by atoms with E-state index in [0.29, 0.717) is 28.0 Å². The van der Waals surface area contributed by atoms with Crippen LogP contribution >= 0.6 is 23.2 Å². The highest BCUT2D eigenvalue weighted by atomic mass is 35.5. The Labute approximate surface area is 137 Å². The zero-order valence-electron chi connectivity index (χ0n) is 11.8. The Bertz CT molecular complexity index is 797. The summed E-state index contributed by atoms with van der Waals surface area (Å²) in [6, 6.07) is 4.98. The van der Waals surface area contributed by atoms with Crippen molar-refractivity contribution in [1.82, 2.24) is 14.5 Å². The number of nitrogens with zero attached hydrogens (tertiary/aromatic N) is 4. The van der Waals surface area contributed by atoms with Gasteiger partial charge in [-0.15, -0.1) is 6.42 Å². The summed E-state index contributed by atoms with van der Waals surface area (Å²) in [6.45, 7) is 2.29. The highest BCUT2D eigenvalue weighted by Gasteiger charge is 2.14. The Morgan fingerprint density at radius 1 is 1.36 bits per heavy atom. The Kier molecular flexibility index (Phi) is 5.03. The third-order valence-corrected chi connectivity index (χ3v) is 3.64. The van der Waals surface area contributed by atoms with Gasteiger partial charge >= 0.3 is 5.69 Å². The SMILES string of the molecule is C#CCN(N)c1nc(-c2ccc(Cl)c(Cl)c2)n(CC)c(=O)n1. The van der Waals surface area contributed by atoms with Gasteiger partial charge in [0.1, 0.15) is 5.82 Å². The molecule has 8 heteroatoms. The average molecular weight is 338 g/mol. The predicted octanol–water partition coefficient (Wildman–Crippen LogP) is 1.95. The molecular weight excluding hydrogens is 325 g/mol. The molecule has 114 valence electrons. The van der Waals surface area contributed by atoms with Gasteiger partial charge in [0.15, 0.2) is 0 Å². The van der Waals surface area contributed by atoms with Crippen molar-refractivity contribution in [2.24, 2.45) is 5.84 Å². The van der Waals surface area contributed by atoms with Gasteiger partial charge in [0.25, 0.3) is 0 Å². The Balaban J connectivity index is 2.64. The van der Waals surface area contributed by atoms with Gasteiger partial charge < -0.3 is 0 Å². The van der Waals surface area contributed by atoms with E-state index in [4.69, 9.17) is 35.5 Å². The topological polar surface area (TPSA) is 77.0 Å². The summed E-state index contributed by atoms with van der Waals surface area (Å²) < 4.78 is 1.41. The van der Waals surface area contributed by atoms with Gasteiger partial charge in [-0.3, -0.25) is 9.58 Å². The second kappa shape index (κ2) is 6.79. The molecule has 0 fully saturated rings. The first kappa shape index (κ1) is 16.3. The summed E-state index contributed by atoms with van der Waals surface area (Å²) in [5.41, 5.74) is 0.159. The Hall–Kier alpha value is -2.07. The first-order valence-corrected chi connectivity index (χ1v) is 7.13. The van der Waals surface area contributed by atoms with Crippen molar-refractivity contribution >= 4 is 29.2 Å². The van der Waals surface area contributed by atoms with Gasteiger partial charge in [-0.25, -0.2) is 10.6 Å². The van der Waals surface area contributed by atoms with Gasteiger partial charge in [-0.1, -0.05) is 29.1 Å². The summed E-state index contributed by atoms with van der Waals surface area (Å²) >= 11 is 11.9. The number of hydrogen-bond donors (Lipinski definition) is 1. The lowest BCUT2D eigenvalue weighted by Crippen LogP contribution is -2.36. The largest absolute Gasteiger partial charge is 0.352 e. The summed E-state index contributed by atoms with van der Waals surface area (Å²) in [5, 5.41) is 1.91. The monoisotopic (exact) mass is 337 g/mol. The van der Waals surface area contributed by atoms with Crippen LogP contribution in [0.2, 0.25) is 10.0 Å². The van der Waals surface area contributed by atoms with Crippen LogP contribution < -0.4 is 16.5 Å². The van der Waals surface area contributed by atoms with Crippen LogP contribution in [0, 0.1) is 12.3 Å². The van der Waals surface area contributed by atoms with Gasteiger partial charge in [-0.05, 0) is 25.1 Å². The molecule has 1 aromatic heterocycles. The molecule has 0 spiro atoms. The normalized spacial score (nSPS) is 10.3. The molecule has 2 rings (SSSR count). The number of halogens is 2. The van der Waals surface area contributed by atoms with Crippen LogP contribution in [0.1, 0.15) is 6.92 Å². The third kappa shape index (κ3) is 3.22. The minimum atomic E-state index is -0.471. The number of rotatable bonds is 4. The molecule has 6 nitrogen and oxygen atoms in total. The minimum absolute atomic E-state index is 0.0497. The molecule has 0 saturated heterocycles. The Morgan fingerprint density at radius 2 is 2.09 bits per heavy atom. The summed E-state index contributed by atoms with van der Waals surface area (Å²) in [5.74, 6) is 8.54. The fraction of sp³-hybridized carbons (Fsp3) is 0.214. The van der Waals surface area contributed by atoms with Gasteiger partial charge in [-0.2, -0.15) is 9.97 Å². The quantitative estimate of drug-likeness (QED) is 0.524. The number of nitrogens with two attached hydrogens (primary N) is 1. The average Bonchev–Trinajstić information content (AvgIpc) is 2.49. The molecule has 1 heterocycles. The number of benzene rings is 1. The fourth-order valence-electron chi connectivity index (χ4n) is 1.85. The maximum Gasteiger partial charge on any atom is 0.352 e. The molecule has 0 aliphatic rings. The van der Waals surface area contributed by atoms with Crippen LogP contribution in [0.25, 0.3) is 11.4 Å². The second-order valence-corrected chi connectivity index (χ2v) is 5.15. The van der Waals surface area contributed by atoms with Gasteiger partial charge in [0.05, 0.1) is 16.6 Å². The number of hydrogen-bond acceptors (Lipinski definition) is 5. The van der Waals surface area contributed by atoms with Crippen molar-refractivity contribution in [3.63, 3.8) is 0 Å². The number of terminal acetylenes is 1. The van der Waals surface area contributed by atoms with Gasteiger partial charge in [0, 0.05) is 12.1 Å². The number of hydrazine groups is 1. The van der Waals surface area contributed by atoms with E-state index < -0.39 is 5.69 Å². The van der Waals surface area contributed by atoms with Crippen LogP contribution in [0.3, 0.4) is 0 Å². The maximum atomic E-state index is 12.1. The molecule has 1 aromatic carbocycles. The van der Waals surface area contributed by atoms with Crippen molar-refractivity contribution in [2.45, 2.75) is 13.5 Å². The van der Waals surface area contributed by atoms with E-state index in [9.17, 15) is 4.79 Å². The lowest BCUT2D eigenvalue weighted by molar-refractivity contribution is 0.677. The Morgan fingerprint density at radius 3 is 2.68 bits per heavy atom. The van der Waals surface area contributed by atoms with E-state index in [1.54, 1.807) is 18.2 Å². The van der Waals surface area contributed by atoms with E-state index in [0.717, 1.165) is 5.01 Å². The second-order valence-electron chi connectivity index (χ2n) is 4.33. The van der Waals surface area contributed by atoms with Crippen molar-refractivity contribution in [3.05, 3.63) is 38.7 Å². The summed E-state index contributed by atoms with van der Waals surface area (Å²) in [6.07, 6.45) is 5.20. The molecule has 0 saturated carbocycles. The third-order valence-electron chi connectivity index (χ3n) is 2.90. The molecule has 0 aliphatic heterocycles. The molecule has 0 aliphatic carbocycles. The molecule has 0 unspecified atom stereocenters. The number of anilines is 1. The molecule has 22 heavy (non-hydrogen) atoms. The molecule has 0 amide bonds. The summed E-state index contributed by atoms with van der Waals surface area (Å²) in [7, 11) is 0. The summed E-state index contributed by atoms with van der Waals surface area (Å²) in [4.78, 5) is 20.3. The van der Waals surface area contributed by atoms with E-state index in [2.05, 4.69) is 15.9 Å². The van der Waals surface area contributed by atoms with Crippen LogP contribution in [-0.4, -0.2) is 21.1 Å². The van der Waals surface area contributed by atoms with E-state index in [1.165, 1.54) is 4.57 Å². The number of aromatic nitrogens is 3. The molecular formula is C14H13Cl2N5O. The van der Waals surface area contributed by atoms with E-state index in [1.807, 2.05) is 6.92 Å². The molecule has 0 radical (unpaired) electrons. The van der Waals surface area contributed by atoms with Crippen LogP contribution in [-0.2, 0) is 6.54 Å². The fourth-order valence-corrected chi connectivity index (χ4v) is 2.15. The standard InChI is InChI=1S/C14H13Cl2N5O/c1-3-7-21(17)13-18-12(20(4-2)14(22)19-13)9-5-6-10(15)11(16)8-9/h1,5-6,8H,4,7,17H2,2H3. The van der Waals surface area contributed by atoms with Crippen LogP contribution in [0.5, 0.6) is 0 Å². The highest BCUT2D eigenvalue weighted by Crippen LogP contribution is 2.27. The predicted molar refractivity (Wildman–Crippen MR) is 87.8 cm³/mol. The van der Waals surface area contributed by atoms with Gasteiger partial charge in [0.2, 0.25) is 5.95 Å².